The Kier molecular flexibility index (Phi) is 3.79. The molecule has 0 unspecified atom stereocenters. The van der Waals surface area contributed by atoms with E-state index >= 15 is 0 Å². The van der Waals surface area contributed by atoms with E-state index in [0.29, 0.717) is 5.54 Å². The van der Waals surface area contributed by atoms with Crippen LogP contribution in [0.15, 0.2) is 18.2 Å². The van der Waals surface area contributed by atoms with E-state index in [1.165, 1.54) is 25.1 Å². The van der Waals surface area contributed by atoms with Gasteiger partial charge in [0.05, 0.1) is 11.4 Å². The summed E-state index contributed by atoms with van der Waals surface area (Å²) in [5.74, 6) is 0. The standard InChI is InChI=1S/C14H23N3/c1-14(2)8-5-9-17(14)11-13-7-4-6-12(16-13)10-15-3/h4,6-7,15H,5,8-11H2,1-3H3. The average Bonchev–Trinajstić information content (AvgIpc) is 2.59. The molecule has 1 aliphatic rings. The summed E-state index contributed by atoms with van der Waals surface area (Å²) in [6, 6.07) is 6.32. The van der Waals surface area contributed by atoms with Crippen molar-refractivity contribution in [3.8, 4) is 0 Å². The predicted molar refractivity (Wildman–Crippen MR) is 70.7 cm³/mol. The first-order valence-electron chi connectivity index (χ1n) is 6.46. The molecule has 2 rings (SSSR count). The summed E-state index contributed by atoms with van der Waals surface area (Å²) in [7, 11) is 1.96. The van der Waals surface area contributed by atoms with E-state index in [9.17, 15) is 0 Å². The first kappa shape index (κ1) is 12.5. The van der Waals surface area contributed by atoms with Gasteiger partial charge in [0.2, 0.25) is 0 Å². The van der Waals surface area contributed by atoms with Crippen LogP contribution in [0.1, 0.15) is 38.1 Å². The van der Waals surface area contributed by atoms with Gasteiger partial charge in [-0.3, -0.25) is 9.88 Å². The molecule has 0 amide bonds. The van der Waals surface area contributed by atoms with Gasteiger partial charge in [0.25, 0.3) is 0 Å². The van der Waals surface area contributed by atoms with Gasteiger partial charge in [-0.05, 0) is 52.4 Å². The van der Waals surface area contributed by atoms with Gasteiger partial charge in [-0.25, -0.2) is 0 Å². The summed E-state index contributed by atoms with van der Waals surface area (Å²) in [4.78, 5) is 7.23. The second-order valence-corrected chi connectivity index (χ2v) is 5.49. The molecule has 3 nitrogen and oxygen atoms in total. The number of nitrogens with zero attached hydrogens (tertiary/aromatic N) is 2. The Morgan fingerprint density at radius 1 is 1.35 bits per heavy atom. The molecule has 0 bridgehead atoms. The minimum atomic E-state index is 0.334. The SMILES string of the molecule is CNCc1cccc(CN2CCCC2(C)C)n1. The number of hydrogen-bond acceptors (Lipinski definition) is 3. The zero-order valence-electron chi connectivity index (χ0n) is 11.2. The number of aromatic nitrogens is 1. The van der Waals surface area contributed by atoms with Crippen LogP contribution in [0.5, 0.6) is 0 Å². The molecule has 0 spiro atoms. The van der Waals surface area contributed by atoms with Crippen LogP contribution in [-0.4, -0.2) is 29.0 Å². The van der Waals surface area contributed by atoms with Gasteiger partial charge < -0.3 is 5.32 Å². The largest absolute Gasteiger partial charge is 0.314 e. The maximum absolute atomic E-state index is 4.69. The average molecular weight is 233 g/mol. The smallest absolute Gasteiger partial charge is 0.0548 e. The van der Waals surface area contributed by atoms with E-state index in [0.717, 1.165) is 18.8 Å². The van der Waals surface area contributed by atoms with Crippen LogP contribution in [0.3, 0.4) is 0 Å². The highest BCUT2D eigenvalue weighted by Gasteiger charge is 2.31. The van der Waals surface area contributed by atoms with Crippen LogP contribution in [0, 0.1) is 0 Å². The fourth-order valence-electron chi connectivity index (χ4n) is 2.55. The van der Waals surface area contributed by atoms with Crippen molar-refractivity contribution in [1.29, 1.82) is 0 Å². The molecule has 17 heavy (non-hydrogen) atoms. The number of likely N-dealkylation sites (tertiary alicyclic amines) is 1. The Balaban J connectivity index is 2.05. The van der Waals surface area contributed by atoms with Crippen molar-refractivity contribution in [2.75, 3.05) is 13.6 Å². The van der Waals surface area contributed by atoms with E-state index in [1.54, 1.807) is 0 Å². The molecular formula is C14H23N3. The van der Waals surface area contributed by atoms with Gasteiger partial charge in [0.15, 0.2) is 0 Å². The molecule has 1 saturated heterocycles. The van der Waals surface area contributed by atoms with Crippen molar-refractivity contribution in [3.05, 3.63) is 29.6 Å². The minimum absolute atomic E-state index is 0.334. The molecule has 1 aromatic rings. The van der Waals surface area contributed by atoms with Crippen molar-refractivity contribution in [3.63, 3.8) is 0 Å². The second kappa shape index (κ2) is 5.15. The molecule has 1 aromatic heterocycles. The molecule has 0 aliphatic carbocycles. The first-order valence-corrected chi connectivity index (χ1v) is 6.46. The lowest BCUT2D eigenvalue weighted by Gasteiger charge is -2.31. The lowest BCUT2D eigenvalue weighted by Crippen LogP contribution is -2.37. The van der Waals surface area contributed by atoms with Crippen LogP contribution in [-0.2, 0) is 13.1 Å². The maximum atomic E-state index is 4.69. The lowest BCUT2D eigenvalue weighted by atomic mass is 10.0. The van der Waals surface area contributed by atoms with Crippen molar-refractivity contribution in [1.82, 2.24) is 15.2 Å². The fourth-order valence-corrected chi connectivity index (χ4v) is 2.55. The molecule has 1 N–H and O–H groups in total. The fraction of sp³-hybridized carbons (Fsp3) is 0.643. The number of rotatable bonds is 4. The lowest BCUT2D eigenvalue weighted by molar-refractivity contribution is 0.164. The number of pyridine rings is 1. The van der Waals surface area contributed by atoms with Gasteiger partial charge in [-0.1, -0.05) is 6.07 Å². The summed E-state index contributed by atoms with van der Waals surface area (Å²) in [6.45, 7) is 7.68. The highest BCUT2D eigenvalue weighted by molar-refractivity contribution is 5.12. The summed E-state index contributed by atoms with van der Waals surface area (Å²) in [5, 5.41) is 3.14. The van der Waals surface area contributed by atoms with Gasteiger partial charge in [-0.2, -0.15) is 0 Å². The van der Waals surface area contributed by atoms with Crippen LogP contribution in [0.2, 0.25) is 0 Å². The van der Waals surface area contributed by atoms with Crippen LogP contribution in [0.4, 0.5) is 0 Å². The van der Waals surface area contributed by atoms with Crippen molar-refractivity contribution in [2.45, 2.75) is 45.3 Å². The summed E-state index contributed by atoms with van der Waals surface area (Å²) in [5.41, 5.74) is 2.65. The Hall–Kier alpha value is -0.930. The highest BCUT2D eigenvalue weighted by atomic mass is 15.2. The van der Waals surface area contributed by atoms with Crippen LogP contribution < -0.4 is 5.32 Å². The molecule has 1 fully saturated rings. The van der Waals surface area contributed by atoms with E-state index in [-0.39, 0.29) is 0 Å². The molecule has 0 atom stereocenters. The molecule has 0 saturated carbocycles. The molecule has 2 heterocycles. The third-order valence-corrected chi connectivity index (χ3v) is 3.65. The number of hydrogen-bond donors (Lipinski definition) is 1. The first-order chi connectivity index (χ1) is 8.12. The van der Waals surface area contributed by atoms with E-state index in [4.69, 9.17) is 0 Å². The zero-order chi connectivity index (χ0) is 12.3. The highest BCUT2D eigenvalue weighted by Crippen LogP contribution is 2.29. The Morgan fingerprint density at radius 2 is 2.12 bits per heavy atom. The van der Waals surface area contributed by atoms with Crippen molar-refractivity contribution >= 4 is 0 Å². The molecule has 0 radical (unpaired) electrons. The molecular weight excluding hydrogens is 210 g/mol. The molecule has 94 valence electrons. The third kappa shape index (κ3) is 3.05. The summed E-state index contributed by atoms with van der Waals surface area (Å²) < 4.78 is 0. The Bertz CT molecular complexity index is 373. The van der Waals surface area contributed by atoms with E-state index < -0.39 is 0 Å². The molecule has 3 heteroatoms. The monoisotopic (exact) mass is 233 g/mol. The van der Waals surface area contributed by atoms with Crippen LogP contribution in [0.25, 0.3) is 0 Å². The Morgan fingerprint density at radius 3 is 2.76 bits per heavy atom. The quantitative estimate of drug-likeness (QED) is 0.864. The number of nitrogens with one attached hydrogen (secondary N) is 1. The summed E-state index contributed by atoms with van der Waals surface area (Å²) in [6.07, 6.45) is 2.60. The van der Waals surface area contributed by atoms with Gasteiger partial charge in [0.1, 0.15) is 0 Å². The maximum Gasteiger partial charge on any atom is 0.0548 e. The third-order valence-electron chi connectivity index (χ3n) is 3.65. The minimum Gasteiger partial charge on any atom is -0.314 e. The summed E-state index contributed by atoms with van der Waals surface area (Å²) >= 11 is 0. The van der Waals surface area contributed by atoms with Crippen molar-refractivity contribution in [2.24, 2.45) is 0 Å². The normalized spacial score (nSPS) is 19.7. The molecule has 1 aliphatic heterocycles. The topological polar surface area (TPSA) is 28.2 Å². The van der Waals surface area contributed by atoms with E-state index in [1.807, 2.05) is 7.05 Å². The van der Waals surface area contributed by atoms with Gasteiger partial charge in [0, 0.05) is 18.6 Å². The van der Waals surface area contributed by atoms with Crippen molar-refractivity contribution < 1.29 is 0 Å². The van der Waals surface area contributed by atoms with E-state index in [2.05, 4.69) is 47.2 Å². The zero-order valence-corrected chi connectivity index (χ0v) is 11.2. The molecule has 0 aromatic carbocycles. The van der Waals surface area contributed by atoms with Gasteiger partial charge >= 0.3 is 0 Å². The Labute approximate surface area is 104 Å². The van der Waals surface area contributed by atoms with Crippen LogP contribution >= 0.6 is 0 Å². The van der Waals surface area contributed by atoms with Gasteiger partial charge in [-0.15, -0.1) is 0 Å². The second-order valence-electron chi connectivity index (χ2n) is 5.49. The predicted octanol–water partition coefficient (Wildman–Crippen LogP) is 2.18.